The molecule has 1 atom stereocenters. The number of aliphatic hydroxyl groups excluding tert-OH is 1. The van der Waals surface area contributed by atoms with Gasteiger partial charge >= 0.3 is 6.43 Å². The first-order valence-electron chi connectivity index (χ1n) is 12.4. The van der Waals surface area contributed by atoms with Crippen molar-refractivity contribution in [2.75, 3.05) is 42.9 Å². The van der Waals surface area contributed by atoms with Crippen LogP contribution in [0.15, 0.2) is 53.5 Å². The second-order valence-corrected chi connectivity index (χ2v) is 9.84. The van der Waals surface area contributed by atoms with Gasteiger partial charge in [-0.05, 0) is 48.4 Å². The third kappa shape index (κ3) is 5.59. The van der Waals surface area contributed by atoms with Gasteiger partial charge in [-0.15, -0.1) is 0 Å². The number of aromatic nitrogens is 3. The van der Waals surface area contributed by atoms with Gasteiger partial charge in [0.1, 0.15) is 11.4 Å². The molecule has 0 spiro atoms. The van der Waals surface area contributed by atoms with Crippen LogP contribution in [0, 0.1) is 6.92 Å². The Morgan fingerprint density at radius 1 is 1.18 bits per heavy atom. The summed E-state index contributed by atoms with van der Waals surface area (Å²) in [4.78, 5) is 38.3. The summed E-state index contributed by atoms with van der Waals surface area (Å²) >= 11 is 6.04. The highest BCUT2D eigenvalue weighted by Crippen LogP contribution is 2.30. The molecule has 1 saturated heterocycles. The molecule has 9 nitrogen and oxygen atoms in total. The molecule has 1 fully saturated rings. The number of piperazine rings is 1. The number of carbonyl (C=O) groups excluding carboxylic acids is 1. The topological polar surface area (TPSA) is 117 Å². The molecule has 1 amide bonds. The average molecular weight is 557 g/mol. The second kappa shape index (κ2) is 11.0. The first kappa shape index (κ1) is 26.6. The summed E-state index contributed by atoms with van der Waals surface area (Å²) in [5.74, 6) is -0.781. The maximum atomic E-state index is 12.9. The van der Waals surface area contributed by atoms with E-state index in [0.29, 0.717) is 51.8 Å². The summed E-state index contributed by atoms with van der Waals surface area (Å²) in [5, 5.41) is 14.3. The van der Waals surface area contributed by atoms with Crippen LogP contribution in [0.3, 0.4) is 0 Å². The quantitative estimate of drug-likeness (QED) is 0.274. The molecule has 1 aliphatic heterocycles. The van der Waals surface area contributed by atoms with Gasteiger partial charge in [-0.1, -0.05) is 23.7 Å². The number of anilines is 2. The van der Waals surface area contributed by atoms with Crippen molar-refractivity contribution in [1.82, 2.24) is 19.9 Å². The molecule has 4 N–H and O–H groups in total. The summed E-state index contributed by atoms with van der Waals surface area (Å²) in [6.45, 7) is 3.31. The number of nitrogens with zero attached hydrogens (tertiary/aromatic N) is 3. The number of nitrogens with one attached hydrogen (secondary N) is 3. The molecule has 5 rings (SSSR count). The zero-order valence-electron chi connectivity index (χ0n) is 21.0. The van der Waals surface area contributed by atoms with Gasteiger partial charge in [0.05, 0.1) is 22.8 Å². The maximum Gasteiger partial charge on any atom is 0.315 e. The molecule has 4 aromatic rings. The average Bonchev–Trinajstić information content (AvgIpc) is 3.35. The number of fused-ring (bicyclic) bond motifs is 1. The van der Waals surface area contributed by atoms with Crippen LogP contribution in [-0.4, -0.2) is 70.0 Å². The Labute approximate surface area is 227 Å². The third-order valence-electron chi connectivity index (χ3n) is 6.82. The van der Waals surface area contributed by atoms with Crippen LogP contribution in [0.5, 0.6) is 0 Å². The third-order valence-corrected chi connectivity index (χ3v) is 7.06. The molecule has 2 aromatic heterocycles. The van der Waals surface area contributed by atoms with E-state index in [1.807, 2.05) is 24.0 Å². The smallest absolute Gasteiger partial charge is 0.315 e. The lowest BCUT2D eigenvalue weighted by Gasteiger charge is -2.36. The lowest BCUT2D eigenvalue weighted by Crippen LogP contribution is -2.50. The number of aryl methyl sites for hydroxylation is 1. The van der Waals surface area contributed by atoms with Crippen molar-refractivity contribution in [2.24, 2.45) is 0 Å². The van der Waals surface area contributed by atoms with Crippen LogP contribution in [-0.2, 0) is 4.79 Å². The minimum Gasteiger partial charge on any atom is -0.387 e. The Hall–Kier alpha value is -3.96. The van der Waals surface area contributed by atoms with Crippen LogP contribution in [0.1, 0.15) is 17.2 Å². The van der Waals surface area contributed by atoms with Gasteiger partial charge in [0, 0.05) is 49.6 Å². The molecule has 0 saturated carbocycles. The molecule has 39 heavy (non-hydrogen) atoms. The number of aromatic amines is 2. The van der Waals surface area contributed by atoms with Gasteiger partial charge in [-0.25, -0.2) is 4.98 Å². The number of rotatable bonds is 7. The van der Waals surface area contributed by atoms with Crippen molar-refractivity contribution in [2.45, 2.75) is 19.5 Å². The number of pyridine rings is 1. The number of H-pyrrole nitrogens is 2. The number of halogens is 3. The van der Waals surface area contributed by atoms with E-state index in [1.165, 1.54) is 11.1 Å². The van der Waals surface area contributed by atoms with Crippen molar-refractivity contribution in [3.8, 4) is 11.4 Å². The molecule has 0 aliphatic carbocycles. The number of amides is 1. The van der Waals surface area contributed by atoms with E-state index in [9.17, 15) is 23.5 Å². The monoisotopic (exact) mass is 556 g/mol. The normalized spacial score (nSPS) is 14.7. The molecule has 12 heteroatoms. The predicted molar refractivity (Wildman–Crippen MR) is 147 cm³/mol. The fourth-order valence-corrected chi connectivity index (χ4v) is 4.99. The van der Waals surface area contributed by atoms with E-state index in [-0.39, 0.29) is 25.2 Å². The molecular weight excluding hydrogens is 530 g/mol. The Morgan fingerprint density at radius 3 is 2.67 bits per heavy atom. The zero-order valence-corrected chi connectivity index (χ0v) is 21.8. The number of aliphatic hydroxyl groups is 1. The number of hydrogen-bond donors (Lipinski definition) is 4. The molecule has 0 bridgehead atoms. The van der Waals surface area contributed by atoms with Crippen molar-refractivity contribution in [3.63, 3.8) is 0 Å². The van der Waals surface area contributed by atoms with E-state index in [2.05, 4.69) is 15.3 Å². The van der Waals surface area contributed by atoms with Crippen LogP contribution >= 0.6 is 11.6 Å². The van der Waals surface area contributed by atoms with Crippen molar-refractivity contribution >= 4 is 39.9 Å². The summed E-state index contributed by atoms with van der Waals surface area (Å²) in [5.41, 5.74) is 4.22. The molecule has 204 valence electrons. The lowest BCUT2D eigenvalue weighted by atomic mass is 10.1. The minimum atomic E-state index is -3.00. The summed E-state index contributed by atoms with van der Waals surface area (Å²) in [7, 11) is 0. The highest BCUT2D eigenvalue weighted by molar-refractivity contribution is 6.30. The molecular formula is C27H27ClF2N6O3. The number of imidazole rings is 1. The van der Waals surface area contributed by atoms with Crippen molar-refractivity contribution in [3.05, 3.63) is 75.2 Å². The summed E-state index contributed by atoms with van der Waals surface area (Å²) < 4.78 is 25.6. The zero-order chi connectivity index (χ0) is 27.7. The highest BCUT2D eigenvalue weighted by Gasteiger charge is 2.27. The SMILES string of the molecule is Cc1cc(N2CCN(C(=O)C(F)F)CC2)cc2[nH]c(-c3c(NCC(O)c4cccc(Cl)c4)cc[nH]c3=O)nc12. The van der Waals surface area contributed by atoms with Gasteiger partial charge in [-0.3, -0.25) is 9.59 Å². The van der Waals surface area contributed by atoms with Crippen LogP contribution in [0.25, 0.3) is 22.4 Å². The second-order valence-electron chi connectivity index (χ2n) is 9.40. The standard InChI is InChI=1S/C27H27ClF2N6O3/c1-15-11-18(35-7-9-36(10-8-35)27(39)24(29)30)13-20-23(15)34-25(33-20)22-19(5-6-31-26(22)38)32-14-21(37)16-3-2-4-17(28)12-16/h2-6,11-13,21,24,37H,7-10,14H2,1H3,(H,33,34)(H2,31,32,38). The van der Waals surface area contributed by atoms with Crippen LogP contribution in [0.2, 0.25) is 5.02 Å². The van der Waals surface area contributed by atoms with Crippen molar-refractivity contribution < 1.29 is 18.7 Å². The minimum absolute atomic E-state index is 0.139. The Kier molecular flexibility index (Phi) is 7.53. The van der Waals surface area contributed by atoms with Gasteiger partial charge in [0.25, 0.3) is 11.5 Å². The van der Waals surface area contributed by atoms with Crippen LogP contribution in [0.4, 0.5) is 20.2 Å². The number of carbonyl (C=O) groups is 1. The molecule has 0 radical (unpaired) electrons. The van der Waals surface area contributed by atoms with Crippen LogP contribution < -0.4 is 15.8 Å². The first-order chi connectivity index (χ1) is 18.7. The van der Waals surface area contributed by atoms with E-state index in [0.717, 1.165) is 11.3 Å². The summed E-state index contributed by atoms with van der Waals surface area (Å²) in [6.07, 6.45) is -2.34. The molecule has 1 unspecified atom stereocenters. The predicted octanol–water partition coefficient (Wildman–Crippen LogP) is 3.94. The lowest BCUT2D eigenvalue weighted by molar-refractivity contribution is -0.143. The van der Waals surface area contributed by atoms with Gasteiger partial charge in [0.15, 0.2) is 0 Å². The Bertz CT molecular complexity index is 1560. The molecule has 2 aromatic carbocycles. The van der Waals surface area contributed by atoms with Gasteiger partial charge in [0.2, 0.25) is 0 Å². The first-order valence-corrected chi connectivity index (χ1v) is 12.8. The molecule has 1 aliphatic rings. The van der Waals surface area contributed by atoms with Gasteiger partial charge in [-0.2, -0.15) is 8.78 Å². The molecule has 3 heterocycles. The largest absolute Gasteiger partial charge is 0.387 e. The Morgan fingerprint density at radius 2 is 1.95 bits per heavy atom. The number of alkyl halides is 2. The fraction of sp³-hybridized carbons (Fsp3) is 0.296. The maximum absolute atomic E-state index is 12.9. The highest BCUT2D eigenvalue weighted by atomic mass is 35.5. The van der Waals surface area contributed by atoms with E-state index >= 15 is 0 Å². The Balaban J connectivity index is 1.39. The van der Waals surface area contributed by atoms with Gasteiger partial charge < -0.3 is 30.2 Å². The fourth-order valence-electron chi connectivity index (χ4n) is 4.79. The number of benzene rings is 2. The van der Waals surface area contributed by atoms with Crippen molar-refractivity contribution in [1.29, 1.82) is 0 Å². The van der Waals surface area contributed by atoms with E-state index < -0.39 is 18.4 Å². The number of hydrogen-bond acceptors (Lipinski definition) is 6. The van der Waals surface area contributed by atoms with E-state index in [4.69, 9.17) is 16.6 Å². The van der Waals surface area contributed by atoms with E-state index in [1.54, 1.807) is 30.3 Å². The summed E-state index contributed by atoms with van der Waals surface area (Å²) in [6, 6.07) is 12.5.